The second-order valence-electron chi connectivity index (χ2n) is 4.83. The summed E-state index contributed by atoms with van der Waals surface area (Å²) in [5, 5.41) is 38.7. The number of phenolic OH excluding ortho intramolecular Hbond substituents is 3. The van der Waals surface area contributed by atoms with Gasteiger partial charge in [-0.1, -0.05) is 0 Å². The number of benzene rings is 2. The lowest BCUT2D eigenvalue weighted by Gasteiger charge is -2.09. The molecule has 7 heteroatoms. The SMILES string of the molecule is CO[13c]1[13cH][13c](-c2oc3cc(O)cc(O)c3c(=O)c2O)[13cH][13cH][13c]1O. The minimum atomic E-state index is -0.842. The van der Waals surface area contributed by atoms with Crippen LogP contribution in [0.5, 0.6) is 28.7 Å². The summed E-state index contributed by atoms with van der Waals surface area (Å²) >= 11 is 0. The summed E-state index contributed by atoms with van der Waals surface area (Å²) in [6.07, 6.45) is 0. The van der Waals surface area contributed by atoms with Crippen LogP contribution in [0.15, 0.2) is 39.5 Å². The Bertz CT molecular complexity index is 972. The molecule has 118 valence electrons. The first kappa shape index (κ1) is 14.6. The normalized spacial score (nSPS) is 10.8. The van der Waals surface area contributed by atoms with Crippen molar-refractivity contribution in [1.29, 1.82) is 0 Å². The van der Waals surface area contributed by atoms with Crippen LogP contribution in [-0.4, -0.2) is 27.5 Å². The van der Waals surface area contributed by atoms with Gasteiger partial charge in [-0.3, -0.25) is 4.79 Å². The van der Waals surface area contributed by atoms with Gasteiger partial charge < -0.3 is 29.6 Å². The Kier molecular flexibility index (Phi) is 3.25. The van der Waals surface area contributed by atoms with E-state index < -0.39 is 16.9 Å². The molecular weight excluding hydrogens is 310 g/mol. The van der Waals surface area contributed by atoms with Crippen LogP contribution in [0.25, 0.3) is 22.3 Å². The molecule has 0 unspecified atom stereocenters. The van der Waals surface area contributed by atoms with E-state index in [9.17, 15) is 25.2 Å². The first-order chi connectivity index (χ1) is 10.9. The van der Waals surface area contributed by atoms with Crippen LogP contribution >= 0.6 is 0 Å². The Balaban J connectivity index is 2.35. The molecule has 3 rings (SSSR count). The average molecular weight is 322 g/mol. The zero-order valence-corrected chi connectivity index (χ0v) is 11.9. The number of rotatable bonds is 2. The summed E-state index contributed by atoms with van der Waals surface area (Å²) in [4.78, 5) is 12.2. The van der Waals surface area contributed by atoms with Gasteiger partial charge in [0.05, 0.1) is 7.11 Å². The second kappa shape index (κ2) is 5.13. The summed E-state index contributed by atoms with van der Waals surface area (Å²) in [5.74, 6) is -1.66. The molecule has 1 heterocycles. The van der Waals surface area contributed by atoms with Crippen molar-refractivity contribution in [3.8, 4) is 40.1 Å². The maximum absolute atomic E-state index is 12.2. The highest BCUT2D eigenvalue weighted by molar-refractivity contribution is 5.88. The maximum atomic E-state index is 12.2. The van der Waals surface area contributed by atoms with Gasteiger partial charge in [-0.15, -0.1) is 0 Å². The van der Waals surface area contributed by atoms with E-state index in [-0.39, 0.29) is 39.5 Å². The van der Waals surface area contributed by atoms with Gasteiger partial charge in [0.25, 0.3) is 0 Å². The molecule has 0 atom stereocenters. The van der Waals surface area contributed by atoms with Crippen LogP contribution in [0, 0.1) is 0 Å². The van der Waals surface area contributed by atoms with Crippen molar-refractivity contribution in [1.82, 2.24) is 0 Å². The number of fused-ring (bicyclic) bond motifs is 1. The van der Waals surface area contributed by atoms with Crippen molar-refractivity contribution in [3.63, 3.8) is 0 Å². The van der Waals surface area contributed by atoms with Crippen molar-refractivity contribution < 1.29 is 29.6 Å². The number of methoxy groups -OCH3 is 1. The van der Waals surface area contributed by atoms with Gasteiger partial charge >= 0.3 is 0 Å². The lowest BCUT2D eigenvalue weighted by Crippen LogP contribution is -2.03. The molecule has 0 radical (unpaired) electrons. The van der Waals surface area contributed by atoms with E-state index in [1.807, 2.05) is 0 Å². The molecule has 0 spiro atoms. The standard InChI is InChI=1S/C16H12O7/c1-22-11-4-7(2-3-9(11)18)16-15(21)14(20)13-10(19)5-8(17)6-12(13)23-16/h2-6,17-19,21H,1H3/i2+1,3+1,4+1,7+1,9+1,11+1. The fourth-order valence-electron chi connectivity index (χ4n) is 2.29. The fraction of sp³-hybridized carbons (Fsp3) is 0.0625. The second-order valence-corrected chi connectivity index (χ2v) is 4.83. The summed E-state index contributed by atoms with van der Waals surface area (Å²) in [6, 6.07) is 6.24. The zero-order chi connectivity index (χ0) is 16.7. The van der Waals surface area contributed by atoms with Gasteiger partial charge in [-0.25, -0.2) is 0 Å². The van der Waals surface area contributed by atoms with E-state index in [1.165, 1.54) is 25.3 Å². The smallest absolute Gasteiger partial charge is 0.238 e. The van der Waals surface area contributed by atoms with E-state index in [2.05, 4.69) is 0 Å². The molecule has 23 heavy (non-hydrogen) atoms. The Hall–Kier alpha value is -3.35. The summed E-state index contributed by atoms with van der Waals surface area (Å²) in [7, 11) is 1.35. The molecule has 0 aliphatic carbocycles. The third-order valence-electron chi connectivity index (χ3n) is 3.38. The molecule has 0 saturated heterocycles. The van der Waals surface area contributed by atoms with E-state index >= 15 is 0 Å². The van der Waals surface area contributed by atoms with Crippen LogP contribution in [0.2, 0.25) is 0 Å². The predicted octanol–water partition coefficient (Wildman–Crippen LogP) is 2.29. The minimum Gasteiger partial charge on any atom is -0.508 e. The van der Waals surface area contributed by atoms with Crippen molar-refractivity contribution >= 4 is 11.0 Å². The predicted molar refractivity (Wildman–Crippen MR) is 81.1 cm³/mol. The van der Waals surface area contributed by atoms with Gasteiger partial charge in [0.1, 0.15) is 22.5 Å². The first-order valence-electron chi connectivity index (χ1n) is 6.51. The van der Waals surface area contributed by atoms with Gasteiger partial charge in [0.2, 0.25) is 11.2 Å². The largest absolute Gasteiger partial charge is 0.508 e. The Morgan fingerprint density at radius 1 is 1.00 bits per heavy atom. The van der Waals surface area contributed by atoms with E-state index in [0.29, 0.717) is 0 Å². The highest BCUT2D eigenvalue weighted by Crippen LogP contribution is 2.37. The topological polar surface area (TPSA) is 120 Å². The molecule has 4 N–H and O–H groups in total. The lowest BCUT2D eigenvalue weighted by atomic mass is 10.2. The van der Waals surface area contributed by atoms with Crippen molar-refractivity contribution in [3.05, 3.63) is 40.6 Å². The molecular formula is C16H12O7. The Morgan fingerprint density at radius 3 is 2.43 bits per heavy atom. The van der Waals surface area contributed by atoms with Crippen LogP contribution < -0.4 is 10.2 Å². The number of hydrogen-bond donors (Lipinski definition) is 4. The van der Waals surface area contributed by atoms with E-state index in [4.69, 9.17) is 9.15 Å². The zero-order valence-electron chi connectivity index (χ0n) is 11.9. The third kappa shape index (κ3) is 2.28. The minimum absolute atomic E-state index is 0.0904. The maximum Gasteiger partial charge on any atom is 0.238 e. The number of ether oxygens (including phenoxy) is 1. The number of phenols is 3. The van der Waals surface area contributed by atoms with Crippen LogP contribution in [0.3, 0.4) is 0 Å². The van der Waals surface area contributed by atoms with Crippen LogP contribution in [0.4, 0.5) is 0 Å². The van der Waals surface area contributed by atoms with E-state index in [0.717, 1.165) is 12.1 Å². The highest BCUT2D eigenvalue weighted by atomic mass is 16.6. The number of aromatic hydroxyl groups is 4. The molecule has 0 aliphatic heterocycles. The molecule has 7 nitrogen and oxygen atoms in total. The molecule has 0 aliphatic rings. The Labute approximate surface area is 129 Å². The Morgan fingerprint density at radius 2 is 1.74 bits per heavy atom. The highest BCUT2D eigenvalue weighted by Gasteiger charge is 2.19. The summed E-state index contributed by atoms with van der Waals surface area (Å²) in [5.41, 5.74) is -0.655. The summed E-state index contributed by atoms with van der Waals surface area (Å²) in [6.45, 7) is 0. The third-order valence-corrected chi connectivity index (χ3v) is 3.38. The molecule has 1 aromatic heterocycles. The molecule has 0 fully saturated rings. The molecule has 3 aromatic rings. The van der Waals surface area contributed by atoms with Crippen molar-refractivity contribution in [2.24, 2.45) is 0 Å². The van der Waals surface area contributed by atoms with Crippen molar-refractivity contribution in [2.45, 2.75) is 0 Å². The lowest BCUT2D eigenvalue weighted by molar-refractivity contribution is 0.373. The van der Waals surface area contributed by atoms with E-state index in [1.54, 1.807) is 0 Å². The molecule has 0 bridgehead atoms. The van der Waals surface area contributed by atoms with Crippen LogP contribution in [-0.2, 0) is 0 Å². The van der Waals surface area contributed by atoms with Gasteiger partial charge in [-0.05, 0) is 18.2 Å². The van der Waals surface area contributed by atoms with Gasteiger partial charge in [0.15, 0.2) is 17.3 Å². The molecule has 2 aromatic carbocycles. The average Bonchev–Trinajstić information content (AvgIpc) is 2.50. The quantitative estimate of drug-likeness (QED) is 0.571. The van der Waals surface area contributed by atoms with Crippen molar-refractivity contribution in [2.75, 3.05) is 7.11 Å². The summed E-state index contributed by atoms with van der Waals surface area (Å²) < 4.78 is 10.4. The molecule has 0 amide bonds. The molecule has 0 saturated carbocycles. The van der Waals surface area contributed by atoms with Gasteiger partial charge in [0, 0.05) is 17.7 Å². The fourth-order valence-corrected chi connectivity index (χ4v) is 2.29. The first-order valence-corrected chi connectivity index (χ1v) is 6.51. The monoisotopic (exact) mass is 322 g/mol. The van der Waals surface area contributed by atoms with Gasteiger partial charge in [-0.2, -0.15) is 0 Å². The number of hydrogen-bond acceptors (Lipinski definition) is 7. The van der Waals surface area contributed by atoms with Crippen LogP contribution in [0.1, 0.15) is 0 Å².